The molecule has 1 amide bonds. The third-order valence-electron chi connectivity index (χ3n) is 4.01. The highest BCUT2D eigenvalue weighted by Gasteiger charge is 2.17. The molecule has 0 atom stereocenters. The van der Waals surface area contributed by atoms with E-state index in [2.05, 4.69) is 10.0 Å². The van der Waals surface area contributed by atoms with Gasteiger partial charge in [0, 0.05) is 17.7 Å². The van der Waals surface area contributed by atoms with Gasteiger partial charge in [-0.1, -0.05) is 0 Å². The number of hydrogen-bond acceptors (Lipinski definition) is 6. The van der Waals surface area contributed by atoms with Crippen molar-refractivity contribution in [3.63, 3.8) is 0 Å². The number of nitrogens with one attached hydrogen (secondary N) is 2. The monoisotopic (exact) mass is 408 g/mol. The third-order valence-corrected chi connectivity index (χ3v) is 4.60. The van der Waals surface area contributed by atoms with E-state index < -0.39 is 10.0 Å². The van der Waals surface area contributed by atoms with Crippen LogP contribution in [0.1, 0.15) is 21.5 Å². The van der Waals surface area contributed by atoms with E-state index in [-0.39, 0.29) is 12.5 Å². The Morgan fingerprint density at radius 2 is 1.68 bits per heavy atom. The summed E-state index contributed by atoms with van der Waals surface area (Å²) in [4.78, 5) is 12.5. The molecule has 2 aromatic rings. The van der Waals surface area contributed by atoms with Crippen LogP contribution in [0.25, 0.3) is 0 Å². The van der Waals surface area contributed by atoms with Crippen molar-refractivity contribution in [3.8, 4) is 17.2 Å². The molecule has 2 aromatic carbocycles. The van der Waals surface area contributed by atoms with Crippen LogP contribution >= 0.6 is 0 Å². The second-order valence-electron chi connectivity index (χ2n) is 6.08. The molecule has 0 saturated carbocycles. The van der Waals surface area contributed by atoms with Crippen LogP contribution in [-0.2, 0) is 16.6 Å². The Bertz CT molecular complexity index is 973. The summed E-state index contributed by atoms with van der Waals surface area (Å²) in [5.41, 5.74) is 2.21. The number of benzene rings is 2. The van der Waals surface area contributed by atoms with E-state index in [1.807, 2.05) is 0 Å². The van der Waals surface area contributed by atoms with Crippen molar-refractivity contribution in [1.82, 2.24) is 5.32 Å². The van der Waals surface area contributed by atoms with Crippen LogP contribution in [0, 0.1) is 6.92 Å². The molecule has 0 aliphatic rings. The van der Waals surface area contributed by atoms with E-state index in [1.165, 1.54) is 21.3 Å². The molecule has 9 heteroatoms. The van der Waals surface area contributed by atoms with Crippen molar-refractivity contribution in [3.05, 3.63) is 47.0 Å². The number of aryl methyl sites for hydroxylation is 1. The minimum absolute atomic E-state index is 0.213. The number of carbonyl (C=O) groups is 1. The lowest BCUT2D eigenvalue weighted by Gasteiger charge is -2.16. The summed E-state index contributed by atoms with van der Waals surface area (Å²) >= 11 is 0. The van der Waals surface area contributed by atoms with Gasteiger partial charge in [0.25, 0.3) is 5.91 Å². The van der Waals surface area contributed by atoms with Gasteiger partial charge in [-0.25, -0.2) is 8.42 Å². The van der Waals surface area contributed by atoms with E-state index in [0.717, 1.165) is 11.8 Å². The summed E-state index contributed by atoms with van der Waals surface area (Å²) in [6, 6.07) is 8.25. The Morgan fingerprint density at radius 1 is 1.00 bits per heavy atom. The number of carbonyl (C=O) groups excluding carboxylic acids is 1. The maximum atomic E-state index is 12.5. The van der Waals surface area contributed by atoms with Crippen LogP contribution in [0.2, 0.25) is 0 Å². The topological polar surface area (TPSA) is 103 Å². The Labute approximate surface area is 164 Å². The zero-order valence-corrected chi connectivity index (χ0v) is 17.3. The number of rotatable bonds is 8. The Morgan fingerprint density at radius 3 is 2.21 bits per heavy atom. The predicted molar refractivity (Wildman–Crippen MR) is 107 cm³/mol. The molecular formula is C19H24N2O6S. The van der Waals surface area contributed by atoms with E-state index in [0.29, 0.717) is 34.1 Å². The summed E-state index contributed by atoms with van der Waals surface area (Å²) in [6.07, 6.45) is 1.07. The van der Waals surface area contributed by atoms with Gasteiger partial charge >= 0.3 is 0 Å². The highest BCUT2D eigenvalue weighted by molar-refractivity contribution is 7.92. The molecule has 2 rings (SSSR count). The van der Waals surface area contributed by atoms with Crippen LogP contribution in [0.3, 0.4) is 0 Å². The summed E-state index contributed by atoms with van der Waals surface area (Å²) in [5, 5.41) is 2.82. The number of hydrogen-bond donors (Lipinski definition) is 2. The van der Waals surface area contributed by atoms with Crippen LogP contribution in [0.15, 0.2) is 30.3 Å². The molecule has 0 aliphatic heterocycles. The Balaban J connectivity index is 2.17. The molecule has 0 radical (unpaired) electrons. The number of sulfonamides is 1. The van der Waals surface area contributed by atoms with Crippen molar-refractivity contribution in [1.29, 1.82) is 0 Å². The highest BCUT2D eigenvalue weighted by Crippen LogP contribution is 2.39. The standard InChI is InChI=1S/C19H24N2O6S/c1-12-10-13(6-8-15(12)21-28(5,23)24)19(22)20-11-14-7-9-16(25-2)18(27-4)17(14)26-3/h6-10,21H,11H2,1-5H3,(H,20,22). The van der Waals surface area contributed by atoms with Crippen molar-refractivity contribution < 1.29 is 27.4 Å². The molecule has 0 saturated heterocycles. The SMILES string of the molecule is COc1ccc(CNC(=O)c2ccc(NS(C)(=O)=O)c(C)c2)c(OC)c1OC. The number of ether oxygens (including phenoxy) is 3. The van der Waals surface area contributed by atoms with Crippen molar-refractivity contribution in [2.24, 2.45) is 0 Å². The summed E-state index contributed by atoms with van der Waals surface area (Å²) < 4.78 is 41.1. The van der Waals surface area contributed by atoms with Crippen molar-refractivity contribution in [2.75, 3.05) is 32.3 Å². The van der Waals surface area contributed by atoms with E-state index in [1.54, 1.807) is 37.3 Å². The summed E-state index contributed by atoms with van der Waals surface area (Å²) in [5.74, 6) is 1.15. The van der Waals surface area contributed by atoms with E-state index >= 15 is 0 Å². The van der Waals surface area contributed by atoms with Gasteiger partial charge in [-0.05, 0) is 42.8 Å². The van der Waals surface area contributed by atoms with Crippen molar-refractivity contribution in [2.45, 2.75) is 13.5 Å². The zero-order chi connectivity index (χ0) is 20.9. The lowest BCUT2D eigenvalue weighted by atomic mass is 10.1. The van der Waals surface area contributed by atoms with Gasteiger partial charge in [-0.15, -0.1) is 0 Å². The molecule has 28 heavy (non-hydrogen) atoms. The normalized spacial score (nSPS) is 10.9. The van der Waals surface area contributed by atoms with Gasteiger partial charge in [0.1, 0.15) is 0 Å². The van der Waals surface area contributed by atoms with Gasteiger partial charge < -0.3 is 19.5 Å². The summed E-state index contributed by atoms with van der Waals surface area (Å²) in [6.45, 7) is 1.94. The fourth-order valence-corrected chi connectivity index (χ4v) is 3.33. The first-order chi connectivity index (χ1) is 13.2. The Hall–Kier alpha value is -2.94. The Kier molecular flexibility index (Phi) is 6.74. The summed E-state index contributed by atoms with van der Waals surface area (Å²) in [7, 11) is 1.17. The molecule has 8 nitrogen and oxygen atoms in total. The lowest BCUT2D eigenvalue weighted by Crippen LogP contribution is -2.23. The van der Waals surface area contributed by atoms with E-state index in [4.69, 9.17) is 14.2 Å². The first kappa shape index (κ1) is 21.4. The molecular weight excluding hydrogens is 384 g/mol. The van der Waals surface area contributed by atoms with E-state index in [9.17, 15) is 13.2 Å². The van der Waals surface area contributed by atoms with Gasteiger partial charge in [0.05, 0.1) is 33.3 Å². The largest absolute Gasteiger partial charge is 0.493 e. The third kappa shape index (κ3) is 5.07. The number of amides is 1. The molecule has 2 N–H and O–H groups in total. The first-order valence-corrected chi connectivity index (χ1v) is 10.2. The van der Waals surface area contributed by atoms with Gasteiger partial charge in [0.15, 0.2) is 11.5 Å². The minimum atomic E-state index is -3.39. The average molecular weight is 408 g/mol. The molecule has 152 valence electrons. The minimum Gasteiger partial charge on any atom is -0.493 e. The first-order valence-electron chi connectivity index (χ1n) is 8.34. The van der Waals surface area contributed by atoms with Crippen LogP contribution in [0.5, 0.6) is 17.2 Å². The highest BCUT2D eigenvalue weighted by atomic mass is 32.2. The number of anilines is 1. The van der Waals surface area contributed by atoms with Gasteiger partial charge in [-0.2, -0.15) is 0 Å². The molecule has 0 aromatic heterocycles. The van der Waals surface area contributed by atoms with Crippen LogP contribution < -0.4 is 24.2 Å². The molecule has 0 spiro atoms. The zero-order valence-electron chi connectivity index (χ0n) is 16.5. The quantitative estimate of drug-likeness (QED) is 0.695. The smallest absolute Gasteiger partial charge is 0.251 e. The molecule has 0 heterocycles. The van der Waals surface area contributed by atoms with Crippen LogP contribution in [0.4, 0.5) is 5.69 Å². The average Bonchev–Trinajstić information content (AvgIpc) is 2.65. The van der Waals surface area contributed by atoms with Crippen LogP contribution in [-0.4, -0.2) is 41.9 Å². The molecule has 0 aliphatic carbocycles. The maximum absolute atomic E-state index is 12.5. The number of methoxy groups -OCH3 is 3. The second-order valence-corrected chi connectivity index (χ2v) is 7.83. The molecule has 0 unspecified atom stereocenters. The maximum Gasteiger partial charge on any atom is 0.251 e. The molecule has 0 bridgehead atoms. The molecule has 0 fully saturated rings. The van der Waals surface area contributed by atoms with Crippen molar-refractivity contribution >= 4 is 21.6 Å². The lowest BCUT2D eigenvalue weighted by molar-refractivity contribution is 0.0950. The van der Waals surface area contributed by atoms with Gasteiger partial charge in [-0.3, -0.25) is 9.52 Å². The predicted octanol–water partition coefficient (Wildman–Crippen LogP) is 2.32. The fourth-order valence-electron chi connectivity index (χ4n) is 2.70. The second kappa shape index (κ2) is 8.83. The fraction of sp³-hybridized carbons (Fsp3) is 0.316. The van der Waals surface area contributed by atoms with Gasteiger partial charge in [0.2, 0.25) is 15.8 Å².